The molecule has 0 aliphatic carbocycles. The van der Waals surface area contributed by atoms with Gasteiger partial charge in [-0.2, -0.15) is 5.21 Å². The molecular weight excluding hydrogens is 192 g/mol. The monoisotopic (exact) mass is 204 g/mol. The molecule has 0 fully saturated rings. The van der Waals surface area contributed by atoms with E-state index in [4.69, 9.17) is 0 Å². The molecule has 6 heteroatoms. The second kappa shape index (κ2) is 4.04. The molecule has 0 spiro atoms. The van der Waals surface area contributed by atoms with Crippen molar-refractivity contribution in [2.24, 2.45) is 0 Å². The maximum atomic E-state index is 4.03. The Morgan fingerprint density at radius 2 is 2.33 bits per heavy atom. The topological polar surface area (TPSA) is 79.4 Å². The Hall–Kier alpha value is -1.98. The lowest BCUT2D eigenvalue weighted by Gasteiger charge is -2.12. The average molecular weight is 204 g/mol. The van der Waals surface area contributed by atoms with Crippen LogP contribution in [0.15, 0.2) is 18.5 Å². The van der Waals surface area contributed by atoms with Crippen LogP contribution in [0, 0.1) is 6.92 Å². The predicted molar refractivity (Wildman–Crippen MR) is 55.2 cm³/mol. The lowest BCUT2D eigenvalue weighted by molar-refractivity contribution is 0.792. The van der Waals surface area contributed by atoms with Crippen molar-refractivity contribution >= 4 is 5.69 Å². The van der Waals surface area contributed by atoms with Crippen LogP contribution in [0.3, 0.4) is 0 Å². The molecule has 0 aromatic carbocycles. The van der Waals surface area contributed by atoms with Crippen LogP contribution in [0.25, 0.3) is 0 Å². The van der Waals surface area contributed by atoms with Gasteiger partial charge in [0.25, 0.3) is 0 Å². The van der Waals surface area contributed by atoms with E-state index in [0.29, 0.717) is 5.82 Å². The molecule has 6 nitrogen and oxygen atoms in total. The number of nitrogens with zero attached hydrogens (tertiary/aromatic N) is 4. The highest BCUT2D eigenvalue weighted by molar-refractivity contribution is 5.49. The number of H-pyrrole nitrogens is 1. The minimum absolute atomic E-state index is 0.0184. The van der Waals surface area contributed by atoms with E-state index in [2.05, 4.69) is 30.9 Å². The van der Waals surface area contributed by atoms with Crippen molar-refractivity contribution in [1.29, 1.82) is 0 Å². The molecule has 0 amide bonds. The summed E-state index contributed by atoms with van der Waals surface area (Å²) in [5.74, 6) is 0.645. The molecule has 0 saturated carbocycles. The number of aromatic amines is 1. The molecule has 1 unspecified atom stereocenters. The number of anilines is 1. The second-order valence-electron chi connectivity index (χ2n) is 3.33. The number of pyridine rings is 1. The van der Waals surface area contributed by atoms with Crippen LogP contribution in [0.2, 0.25) is 0 Å². The van der Waals surface area contributed by atoms with Gasteiger partial charge < -0.3 is 5.32 Å². The van der Waals surface area contributed by atoms with Crippen LogP contribution in [0.4, 0.5) is 5.69 Å². The van der Waals surface area contributed by atoms with Gasteiger partial charge in [-0.25, -0.2) is 0 Å². The van der Waals surface area contributed by atoms with E-state index >= 15 is 0 Å². The quantitative estimate of drug-likeness (QED) is 0.782. The number of aromatic nitrogens is 5. The van der Waals surface area contributed by atoms with Crippen molar-refractivity contribution < 1.29 is 0 Å². The first kappa shape index (κ1) is 9.57. The standard InChI is InChI=1S/C9H12N6/c1-6-5-10-4-3-8(6)11-7(2)9-12-14-15-13-9/h3-5,7H,1-2H3,(H,10,11)(H,12,13,14,15). The van der Waals surface area contributed by atoms with Crippen molar-refractivity contribution in [3.05, 3.63) is 29.8 Å². The molecule has 2 aromatic rings. The lowest BCUT2D eigenvalue weighted by atomic mass is 10.2. The van der Waals surface area contributed by atoms with Crippen LogP contribution < -0.4 is 5.32 Å². The number of hydrogen-bond acceptors (Lipinski definition) is 5. The fraction of sp³-hybridized carbons (Fsp3) is 0.333. The van der Waals surface area contributed by atoms with Crippen LogP contribution in [0.1, 0.15) is 24.4 Å². The second-order valence-corrected chi connectivity index (χ2v) is 3.33. The Morgan fingerprint density at radius 3 is 3.00 bits per heavy atom. The van der Waals surface area contributed by atoms with Crippen LogP contribution in [-0.4, -0.2) is 25.6 Å². The van der Waals surface area contributed by atoms with E-state index in [1.165, 1.54) is 0 Å². The minimum Gasteiger partial charge on any atom is -0.375 e. The maximum Gasteiger partial charge on any atom is 0.196 e. The zero-order valence-corrected chi connectivity index (χ0v) is 8.60. The fourth-order valence-electron chi connectivity index (χ4n) is 1.29. The first-order chi connectivity index (χ1) is 7.27. The van der Waals surface area contributed by atoms with Crippen molar-refractivity contribution in [1.82, 2.24) is 25.6 Å². The highest BCUT2D eigenvalue weighted by Gasteiger charge is 2.10. The van der Waals surface area contributed by atoms with Crippen molar-refractivity contribution in [2.75, 3.05) is 5.32 Å². The van der Waals surface area contributed by atoms with Crippen molar-refractivity contribution in [2.45, 2.75) is 19.9 Å². The summed E-state index contributed by atoms with van der Waals surface area (Å²) in [6.07, 6.45) is 3.56. The van der Waals surface area contributed by atoms with E-state index in [-0.39, 0.29) is 6.04 Å². The normalized spacial score (nSPS) is 12.4. The minimum atomic E-state index is 0.0184. The Bertz CT molecular complexity index is 424. The van der Waals surface area contributed by atoms with E-state index in [9.17, 15) is 0 Å². The predicted octanol–water partition coefficient (Wildman–Crippen LogP) is 1.08. The van der Waals surface area contributed by atoms with Gasteiger partial charge >= 0.3 is 0 Å². The SMILES string of the molecule is Cc1cnccc1NC(C)c1nn[nH]n1. The Balaban J connectivity index is 2.13. The summed E-state index contributed by atoms with van der Waals surface area (Å²) in [7, 11) is 0. The molecule has 0 bridgehead atoms. The van der Waals surface area contributed by atoms with E-state index in [1.54, 1.807) is 6.20 Å². The molecule has 0 radical (unpaired) electrons. The first-order valence-electron chi connectivity index (χ1n) is 4.68. The van der Waals surface area contributed by atoms with Gasteiger partial charge in [-0.3, -0.25) is 4.98 Å². The molecule has 2 N–H and O–H groups in total. The summed E-state index contributed by atoms with van der Waals surface area (Å²) in [6, 6.07) is 1.94. The van der Waals surface area contributed by atoms with Gasteiger partial charge in [0.05, 0.1) is 6.04 Å². The fourth-order valence-corrected chi connectivity index (χ4v) is 1.29. The maximum absolute atomic E-state index is 4.03. The smallest absolute Gasteiger partial charge is 0.196 e. The lowest BCUT2D eigenvalue weighted by Crippen LogP contribution is -2.09. The summed E-state index contributed by atoms with van der Waals surface area (Å²) in [6.45, 7) is 3.98. The van der Waals surface area contributed by atoms with Crippen LogP contribution in [-0.2, 0) is 0 Å². The first-order valence-corrected chi connectivity index (χ1v) is 4.68. The molecular formula is C9H12N6. The highest BCUT2D eigenvalue weighted by atomic mass is 15.5. The van der Waals surface area contributed by atoms with Gasteiger partial charge in [0.2, 0.25) is 0 Å². The summed E-state index contributed by atoms with van der Waals surface area (Å²) in [4.78, 5) is 4.03. The molecule has 0 aliphatic heterocycles. The molecule has 15 heavy (non-hydrogen) atoms. The van der Waals surface area contributed by atoms with Gasteiger partial charge in [-0.05, 0) is 25.5 Å². The number of rotatable bonds is 3. The largest absolute Gasteiger partial charge is 0.375 e. The van der Waals surface area contributed by atoms with Crippen molar-refractivity contribution in [3.8, 4) is 0 Å². The summed E-state index contributed by atoms with van der Waals surface area (Å²) >= 11 is 0. The zero-order valence-electron chi connectivity index (χ0n) is 8.60. The molecule has 2 rings (SSSR count). The average Bonchev–Trinajstić information content (AvgIpc) is 2.74. The van der Waals surface area contributed by atoms with Crippen molar-refractivity contribution in [3.63, 3.8) is 0 Å². The van der Waals surface area contributed by atoms with Crippen LogP contribution >= 0.6 is 0 Å². The molecule has 2 heterocycles. The number of aryl methyl sites for hydroxylation is 1. The Labute approximate surface area is 87.1 Å². The van der Waals surface area contributed by atoms with Crippen LogP contribution in [0.5, 0.6) is 0 Å². The van der Waals surface area contributed by atoms with E-state index in [1.807, 2.05) is 26.1 Å². The third-order valence-electron chi connectivity index (χ3n) is 2.14. The highest BCUT2D eigenvalue weighted by Crippen LogP contribution is 2.17. The number of tetrazole rings is 1. The third-order valence-corrected chi connectivity index (χ3v) is 2.14. The van der Waals surface area contributed by atoms with Gasteiger partial charge in [0, 0.05) is 18.1 Å². The van der Waals surface area contributed by atoms with Gasteiger partial charge in [-0.15, -0.1) is 10.2 Å². The molecule has 0 saturated heterocycles. The van der Waals surface area contributed by atoms with E-state index in [0.717, 1.165) is 11.3 Å². The van der Waals surface area contributed by atoms with Gasteiger partial charge in [0.1, 0.15) is 0 Å². The van der Waals surface area contributed by atoms with E-state index < -0.39 is 0 Å². The summed E-state index contributed by atoms with van der Waals surface area (Å²) in [5.41, 5.74) is 2.12. The Morgan fingerprint density at radius 1 is 1.47 bits per heavy atom. The summed E-state index contributed by atoms with van der Waals surface area (Å²) < 4.78 is 0. The molecule has 1 atom stereocenters. The molecule has 0 aliphatic rings. The molecule has 78 valence electrons. The molecule has 2 aromatic heterocycles. The number of hydrogen-bond donors (Lipinski definition) is 2. The summed E-state index contributed by atoms with van der Waals surface area (Å²) in [5, 5.41) is 17.1. The van der Waals surface area contributed by atoms with Gasteiger partial charge in [0.15, 0.2) is 5.82 Å². The van der Waals surface area contributed by atoms with Gasteiger partial charge in [-0.1, -0.05) is 5.21 Å². The third kappa shape index (κ3) is 2.09. The zero-order chi connectivity index (χ0) is 10.7. The number of nitrogens with one attached hydrogen (secondary N) is 2. The Kier molecular flexibility index (Phi) is 2.57.